The van der Waals surface area contributed by atoms with Gasteiger partial charge in [-0.05, 0) is 18.8 Å². The van der Waals surface area contributed by atoms with Crippen LogP contribution >= 0.6 is 0 Å². The number of hydrogen-bond donors (Lipinski definition) is 1. The van der Waals surface area contributed by atoms with E-state index in [1.165, 1.54) is 6.42 Å². The summed E-state index contributed by atoms with van der Waals surface area (Å²) >= 11 is 0. The molecule has 5 atom stereocenters. The van der Waals surface area contributed by atoms with Gasteiger partial charge in [-0.15, -0.1) is 0 Å². The number of aliphatic hydroxyl groups is 1. The molecule has 2 nitrogen and oxygen atoms in total. The van der Waals surface area contributed by atoms with Crippen LogP contribution in [0.15, 0.2) is 0 Å². The SMILES string of the molecule is O[C@@H]1[C@H]2C[C@H]3C[C@@H]1O[C@H]32. The largest absolute Gasteiger partial charge is 0.390 e. The maximum Gasteiger partial charge on any atom is 0.0855 e. The van der Waals surface area contributed by atoms with Crippen LogP contribution in [0, 0.1) is 11.8 Å². The Kier molecular flexibility index (Phi) is 0.616. The summed E-state index contributed by atoms with van der Waals surface area (Å²) < 4.78 is 5.50. The fourth-order valence-corrected chi connectivity index (χ4v) is 2.60. The summed E-state index contributed by atoms with van der Waals surface area (Å²) in [4.78, 5) is 0. The molecule has 0 radical (unpaired) electrons. The third-order valence-electron chi connectivity index (χ3n) is 3.15. The molecule has 1 aliphatic carbocycles. The average molecular weight is 126 g/mol. The highest BCUT2D eigenvalue weighted by molar-refractivity contribution is 5.09. The molecule has 3 fully saturated rings. The molecule has 0 amide bonds. The van der Waals surface area contributed by atoms with Gasteiger partial charge in [-0.2, -0.15) is 0 Å². The zero-order chi connectivity index (χ0) is 6.01. The van der Waals surface area contributed by atoms with Crippen molar-refractivity contribution in [3.8, 4) is 0 Å². The molecule has 2 saturated heterocycles. The topological polar surface area (TPSA) is 29.5 Å². The third kappa shape index (κ3) is 0.356. The Morgan fingerprint density at radius 3 is 2.56 bits per heavy atom. The first kappa shape index (κ1) is 4.69. The van der Waals surface area contributed by atoms with Crippen LogP contribution in [0.3, 0.4) is 0 Å². The van der Waals surface area contributed by atoms with Crippen LogP contribution < -0.4 is 0 Å². The molecule has 0 aromatic heterocycles. The maximum absolute atomic E-state index is 9.40. The molecular formula is C7H10O2. The van der Waals surface area contributed by atoms with Crippen LogP contribution in [-0.2, 0) is 4.74 Å². The number of fused-ring (bicyclic) bond motifs is 1. The van der Waals surface area contributed by atoms with Crippen molar-refractivity contribution in [3.63, 3.8) is 0 Å². The molecule has 9 heavy (non-hydrogen) atoms. The minimum Gasteiger partial charge on any atom is -0.390 e. The summed E-state index contributed by atoms with van der Waals surface area (Å²) in [6.07, 6.45) is 2.92. The van der Waals surface area contributed by atoms with Gasteiger partial charge in [0, 0.05) is 5.92 Å². The molecule has 2 heterocycles. The van der Waals surface area contributed by atoms with Crippen molar-refractivity contribution in [1.29, 1.82) is 0 Å². The van der Waals surface area contributed by atoms with Crippen LogP contribution in [0.2, 0.25) is 0 Å². The van der Waals surface area contributed by atoms with Crippen molar-refractivity contribution in [2.75, 3.05) is 0 Å². The first-order valence-corrected chi connectivity index (χ1v) is 3.70. The fourth-order valence-electron chi connectivity index (χ4n) is 2.60. The van der Waals surface area contributed by atoms with Gasteiger partial charge in [-0.25, -0.2) is 0 Å². The minimum absolute atomic E-state index is 0.111. The maximum atomic E-state index is 9.40. The van der Waals surface area contributed by atoms with E-state index < -0.39 is 0 Å². The van der Waals surface area contributed by atoms with E-state index in [1.54, 1.807) is 0 Å². The quantitative estimate of drug-likeness (QED) is 0.501. The van der Waals surface area contributed by atoms with E-state index in [9.17, 15) is 5.11 Å². The third-order valence-corrected chi connectivity index (χ3v) is 3.15. The molecule has 2 bridgehead atoms. The average Bonchev–Trinajstić information content (AvgIpc) is 2.20. The number of ether oxygens (including phenoxy) is 1. The predicted molar refractivity (Wildman–Crippen MR) is 30.9 cm³/mol. The van der Waals surface area contributed by atoms with E-state index in [-0.39, 0.29) is 12.2 Å². The van der Waals surface area contributed by atoms with E-state index >= 15 is 0 Å². The first-order chi connectivity index (χ1) is 4.36. The minimum atomic E-state index is -0.111. The van der Waals surface area contributed by atoms with Crippen LogP contribution in [0.25, 0.3) is 0 Å². The summed E-state index contributed by atoms with van der Waals surface area (Å²) in [5.74, 6) is 1.34. The zero-order valence-corrected chi connectivity index (χ0v) is 5.16. The van der Waals surface area contributed by atoms with Gasteiger partial charge in [0.05, 0.1) is 18.3 Å². The fraction of sp³-hybridized carbons (Fsp3) is 1.00. The number of aliphatic hydroxyl groups excluding tert-OH is 1. The highest BCUT2D eigenvalue weighted by Gasteiger charge is 2.61. The highest BCUT2D eigenvalue weighted by atomic mass is 16.5. The van der Waals surface area contributed by atoms with Crippen LogP contribution in [0.5, 0.6) is 0 Å². The van der Waals surface area contributed by atoms with Crippen LogP contribution in [0.4, 0.5) is 0 Å². The molecule has 0 unspecified atom stereocenters. The van der Waals surface area contributed by atoms with Crippen molar-refractivity contribution in [2.24, 2.45) is 11.8 Å². The molecule has 0 aromatic rings. The van der Waals surface area contributed by atoms with E-state index in [0.717, 1.165) is 12.3 Å². The van der Waals surface area contributed by atoms with Gasteiger partial charge < -0.3 is 9.84 Å². The Balaban J connectivity index is 2.00. The van der Waals surface area contributed by atoms with Gasteiger partial charge >= 0.3 is 0 Å². The van der Waals surface area contributed by atoms with Crippen molar-refractivity contribution in [1.82, 2.24) is 0 Å². The molecular weight excluding hydrogens is 116 g/mol. The van der Waals surface area contributed by atoms with E-state index in [2.05, 4.69) is 0 Å². The molecule has 50 valence electrons. The van der Waals surface area contributed by atoms with Gasteiger partial charge in [-0.1, -0.05) is 0 Å². The summed E-state index contributed by atoms with van der Waals surface area (Å²) in [6, 6.07) is 0. The Morgan fingerprint density at radius 2 is 2.22 bits per heavy atom. The van der Waals surface area contributed by atoms with Crippen molar-refractivity contribution in [3.05, 3.63) is 0 Å². The van der Waals surface area contributed by atoms with E-state index in [0.29, 0.717) is 12.0 Å². The van der Waals surface area contributed by atoms with Crippen molar-refractivity contribution < 1.29 is 9.84 Å². The molecule has 3 aliphatic rings. The normalized spacial score (nSPS) is 68.3. The summed E-state index contributed by atoms with van der Waals surface area (Å²) in [5.41, 5.74) is 0. The molecule has 1 N–H and O–H groups in total. The predicted octanol–water partition coefficient (Wildman–Crippen LogP) is 0.154. The van der Waals surface area contributed by atoms with Gasteiger partial charge in [0.2, 0.25) is 0 Å². The second-order valence-electron chi connectivity index (χ2n) is 3.53. The lowest BCUT2D eigenvalue weighted by Gasteiger charge is -2.41. The lowest BCUT2D eigenvalue weighted by atomic mass is 9.64. The van der Waals surface area contributed by atoms with Crippen molar-refractivity contribution >= 4 is 0 Å². The lowest BCUT2D eigenvalue weighted by Crippen LogP contribution is -2.47. The second-order valence-corrected chi connectivity index (χ2v) is 3.53. The Labute approximate surface area is 53.8 Å². The Bertz CT molecular complexity index is 146. The molecule has 2 heteroatoms. The molecule has 0 aromatic carbocycles. The van der Waals surface area contributed by atoms with Crippen LogP contribution in [0.1, 0.15) is 12.8 Å². The Hall–Kier alpha value is -0.0800. The van der Waals surface area contributed by atoms with Gasteiger partial charge in [0.1, 0.15) is 0 Å². The van der Waals surface area contributed by atoms with Crippen LogP contribution in [-0.4, -0.2) is 23.4 Å². The summed E-state index contributed by atoms with van der Waals surface area (Å²) in [6.45, 7) is 0. The Morgan fingerprint density at radius 1 is 1.33 bits per heavy atom. The standard InChI is InChI=1S/C7H10O2/c8-6-4-1-3-2-5(6)9-7(3)4/h3-8H,1-2H2/t3-,4+,5-,6+,7+/m0/s1. The van der Waals surface area contributed by atoms with Crippen molar-refractivity contribution in [2.45, 2.75) is 31.2 Å². The van der Waals surface area contributed by atoms with E-state index in [1.807, 2.05) is 0 Å². The molecule has 1 saturated carbocycles. The van der Waals surface area contributed by atoms with E-state index in [4.69, 9.17) is 4.74 Å². The first-order valence-electron chi connectivity index (χ1n) is 3.70. The monoisotopic (exact) mass is 126 g/mol. The number of rotatable bonds is 0. The highest BCUT2D eigenvalue weighted by Crippen LogP contribution is 2.55. The molecule has 0 spiro atoms. The summed E-state index contributed by atoms with van der Waals surface area (Å²) in [5, 5.41) is 9.40. The van der Waals surface area contributed by atoms with Gasteiger partial charge in [-0.3, -0.25) is 0 Å². The zero-order valence-electron chi connectivity index (χ0n) is 5.16. The molecule has 3 rings (SSSR count). The second kappa shape index (κ2) is 1.18. The number of hydrogen-bond acceptors (Lipinski definition) is 2. The molecule has 2 aliphatic heterocycles. The smallest absolute Gasteiger partial charge is 0.0855 e. The lowest BCUT2D eigenvalue weighted by molar-refractivity contribution is -0.00387. The summed E-state index contributed by atoms with van der Waals surface area (Å²) in [7, 11) is 0. The van der Waals surface area contributed by atoms with Gasteiger partial charge in [0.15, 0.2) is 0 Å². The van der Waals surface area contributed by atoms with Gasteiger partial charge in [0.25, 0.3) is 0 Å².